The zero-order valence-electron chi connectivity index (χ0n) is 16.0. The van der Waals surface area contributed by atoms with Crippen LogP contribution in [-0.2, 0) is 0 Å². The zero-order valence-corrected chi connectivity index (χ0v) is 16.8. The molecule has 2 aromatic carbocycles. The third kappa shape index (κ3) is 6.24. The summed E-state index contributed by atoms with van der Waals surface area (Å²) in [5.41, 5.74) is 3.87. The van der Waals surface area contributed by atoms with Crippen molar-refractivity contribution in [1.29, 1.82) is 0 Å². The Labute approximate surface area is 169 Å². The maximum absolute atomic E-state index is 12.4. The Morgan fingerprint density at radius 2 is 1.89 bits per heavy atom. The summed E-state index contributed by atoms with van der Waals surface area (Å²) in [5.74, 6) is 0.940. The van der Waals surface area contributed by atoms with Crippen molar-refractivity contribution in [3.8, 4) is 17.2 Å². The molecule has 0 spiro atoms. The summed E-state index contributed by atoms with van der Waals surface area (Å²) in [6.07, 6.45) is 1.59. The molecule has 0 atom stereocenters. The molecule has 0 aromatic heterocycles. The molecule has 0 unspecified atom stereocenters. The smallest absolute Gasteiger partial charge is 0.343 e. The number of hydrogen-bond acceptors (Lipinski definition) is 6. The number of nitrogens with one attached hydrogen (secondary N) is 2. The first-order chi connectivity index (χ1) is 13.6. The second-order valence-corrected chi connectivity index (χ2v) is 5.89. The minimum absolute atomic E-state index is 0.315. The average Bonchev–Trinajstić information content (AvgIpc) is 2.70. The van der Waals surface area contributed by atoms with E-state index < -0.39 is 5.97 Å². The van der Waals surface area contributed by atoms with Crippen LogP contribution in [0.4, 0.5) is 0 Å². The summed E-state index contributed by atoms with van der Waals surface area (Å²) >= 11 is 5.03. The molecule has 0 fully saturated rings. The maximum atomic E-state index is 12.4. The highest BCUT2D eigenvalue weighted by Gasteiger charge is 2.13. The third-order valence-electron chi connectivity index (χ3n) is 3.51. The molecule has 7 nitrogen and oxygen atoms in total. The molecule has 148 valence electrons. The normalized spacial score (nSPS) is 10.4. The van der Waals surface area contributed by atoms with E-state index >= 15 is 0 Å². The van der Waals surface area contributed by atoms with E-state index in [0.717, 1.165) is 5.56 Å². The first-order valence-corrected chi connectivity index (χ1v) is 9.18. The second-order valence-electron chi connectivity index (χ2n) is 5.49. The van der Waals surface area contributed by atoms with Crippen molar-refractivity contribution in [2.24, 2.45) is 5.10 Å². The van der Waals surface area contributed by atoms with E-state index in [2.05, 4.69) is 15.8 Å². The van der Waals surface area contributed by atoms with E-state index in [4.69, 9.17) is 26.4 Å². The molecule has 28 heavy (non-hydrogen) atoms. The van der Waals surface area contributed by atoms with Gasteiger partial charge in [0, 0.05) is 6.54 Å². The van der Waals surface area contributed by atoms with Crippen LogP contribution in [0.15, 0.2) is 47.6 Å². The first-order valence-electron chi connectivity index (χ1n) is 8.77. The standard InChI is InChI=1S/C20H23N3O4S/c1-4-21-20(28)23-22-13-14-6-11-17(18(12-14)25-3)27-19(24)15-7-9-16(10-8-15)26-5-2/h6-13H,4-5H2,1-3H3,(H2,21,23,28)/b22-13-. The van der Waals surface area contributed by atoms with Crippen molar-refractivity contribution in [2.75, 3.05) is 20.3 Å². The number of carbonyl (C=O) groups is 1. The number of benzene rings is 2. The summed E-state index contributed by atoms with van der Waals surface area (Å²) in [6.45, 7) is 5.11. The molecular formula is C20H23N3O4S. The molecule has 2 rings (SSSR count). The van der Waals surface area contributed by atoms with E-state index in [0.29, 0.717) is 41.1 Å². The molecule has 2 aromatic rings. The van der Waals surface area contributed by atoms with Gasteiger partial charge in [-0.3, -0.25) is 5.43 Å². The highest BCUT2D eigenvalue weighted by atomic mass is 32.1. The van der Waals surface area contributed by atoms with Crippen molar-refractivity contribution < 1.29 is 19.0 Å². The van der Waals surface area contributed by atoms with Gasteiger partial charge in [0.05, 0.1) is 25.5 Å². The van der Waals surface area contributed by atoms with Crippen molar-refractivity contribution in [2.45, 2.75) is 13.8 Å². The Balaban J connectivity index is 2.05. The summed E-state index contributed by atoms with van der Waals surface area (Å²) < 4.78 is 16.1. The quantitative estimate of drug-likeness (QED) is 0.231. The lowest BCUT2D eigenvalue weighted by Crippen LogP contribution is -2.31. The molecule has 0 radical (unpaired) electrons. The van der Waals surface area contributed by atoms with Gasteiger partial charge in [0.1, 0.15) is 5.75 Å². The van der Waals surface area contributed by atoms with Crippen LogP contribution in [0, 0.1) is 0 Å². The highest BCUT2D eigenvalue weighted by molar-refractivity contribution is 7.80. The summed E-state index contributed by atoms with van der Waals surface area (Å²) in [5, 5.41) is 7.41. The fraction of sp³-hybridized carbons (Fsp3) is 0.250. The molecule has 0 aliphatic heterocycles. The van der Waals surface area contributed by atoms with Crippen molar-refractivity contribution in [1.82, 2.24) is 10.7 Å². The maximum Gasteiger partial charge on any atom is 0.343 e. The SMILES string of the molecule is CCNC(=S)N/N=C\c1ccc(OC(=O)c2ccc(OCC)cc2)c(OC)c1. The van der Waals surface area contributed by atoms with Gasteiger partial charge in [0.25, 0.3) is 0 Å². The molecule has 0 aliphatic carbocycles. The molecule has 2 N–H and O–H groups in total. The van der Waals surface area contributed by atoms with Gasteiger partial charge in [-0.05, 0) is 74.1 Å². The lowest BCUT2D eigenvalue weighted by atomic mass is 10.2. The number of hydrogen-bond donors (Lipinski definition) is 2. The van der Waals surface area contributed by atoms with Crippen molar-refractivity contribution in [3.63, 3.8) is 0 Å². The Bertz CT molecular complexity index is 838. The molecule has 0 amide bonds. The van der Waals surface area contributed by atoms with Crippen LogP contribution in [0.3, 0.4) is 0 Å². The van der Waals surface area contributed by atoms with Crippen LogP contribution >= 0.6 is 12.2 Å². The van der Waals surface area contributed by atoms with Gasteiger partial charge in [-0.15, -0.1) is 0 Å². The monoisotopic (exact) mass is 401 g/mol. The highest BCUT2D eigenvalue weighted by Crippen LogP contribution is 2.28. The van der Waals surface area contributed by atoms with E-state index in [-0.39, 0.29) is 0 Å². The summed E-state index contributed by atoms with van der Waals surface area (Å²) in [7, 11) is 1.50. The number of hydrazone groups is 1. The number of nitrogens with zero attached hydrogens (tertiary/aromatic N) is 1. The molecule has 8 heteroatoms. The van der Waals surface area contributed by atoms with E-state index in [9.17, 15) is 4.79 Å². The average molecular weight is 401 g/mol. The minimum atomic E-state index is -0.486. The van der Waals surface area contributed by atoms with Crippen molar-refractivity contribution in [3.05, 3.63) is 53.6 Å². The van der Waals surface area contributed by atoms with Gasteiger partial charge < -0.3 is 19.5 Å². The molecule has 0 heterocycles. The van der Waals surface area contributed by atoms with Gasteiger partial charge in [-0.25, -0.2) is 4.79 Å². The van der Waals surface area contributed by atoms with Crippen LogP contribution in [-0.4, -0.2) is 37.6 Å². The lowest BCUT2D eigenvalue weighted by molar-refractivity contribution is 0.0729. The number of esters is 1. The van der Waals surface area contributed by atoms with Crippen LogP contribution in [0.2, 0.25) is 0 Å². The predicted molar refractivity (Wildman–Crippen MR) is 113 cm³/mol. The molecule has 0 saturated heterocycles. The van der Waals surface area contributed by atoms with Gasteiger partial charge in [0.2, 0.25) is 0 Å². The van der Waals surface area contributed by atoms with E-state index in [1.807, 2.05) is 13.8 Å². The van der Waals surface area contributed by atoms with Crippen LogP contribution < -0.4 is 25.0 Å². The minimum Gasteiger partial charge on any atom is -0.494 e. The predicted octanol–water partition coefficient (Wildman–Crippen LogP) is 3.13. The molecule has 0 bridgehead atoms. The zero-order chi connectivity index (χ0) is 20.4. The third-order valence-corrected chi connectivity index (χ3v) is 3.74. The van der Waals surface area contributed by atoms with Gasteiger partial charge in [-0.1, -0.05) is 0 Å². The molecular weight excluding hydrogens is 378 g/mol. The Morgan fingerprint density at radius 1 is 1.14 bits per heavy atom. The lowest BCUT2D eigenvalue weighted by Gasteiger charge is -2.10. The largest absolute Gasteiger partial charge is 0.494 e. The number of thiocarbonyl (C=S) groups is 1. The fourth-order valence-corrected chi connectivity index (χ4v) is 2.42. The van der Waals surface area contributed by atoms with Crippen LogP contribution in [0.5, 0.6) is 17.2 Å². The Hall–Kier alpha value is -3.13. The van der Waals surface area contributed by atoms with Crippen molar-refractivity contribution >= 4 is 29.5 Å². The van der Waals surface area contributed by atoms with Gasteiger partial charge >= 0.3 is 5.97 Å². The first kappa shape index (κ1) is 21.2. The Kier molecular flexibility index (Phi) is 8.23. The van der Waals surface area contributed by atoms with E-state index in [1.165, 1.54) is 7.11 Å². The molecule has 0 aliphatic rings. The van der Waals surface area contributed by atoms with Crippen LogP contribution in [0.25, 0.3) is 0 Å². The van der Waals surface area contributed by atoms with Gasteiger partial charge in [-0.2, -0.15) is 5.10 Å². The second kappa shape index (κ2) is 10.9. The summed E-state index contributed by atoms with van der Waals surface area (Å²) in [4.78, 5) is 12.4. The van der Waals surface area contributed by atoms with Gasteiger partial charge in [0.15, 0.2) is 16.6 Å². The Morgan fingerprint density at radius 3 is 2.54 bits per heavy atom. The van der Waals surface area contributed by atoms with E-state index in [1.54, 1.807) is 48.7 Å². The topological polar surface area (TPSA) is 81.2 Å². The summed E-state index contributed by atoms with van der Waals surface area (Å²) in [6, 6.07) is 11.9. The molecule has 0 saturated carbocycles. The number of rotatable bonds is 8. The van der Waals surface area contributed by atoms with Crippen LogP contribution in [0.1, 0.15) is 29.8 Å². The number of ether oxygens (including phenoxy) is 3. The number of methoxy groups -OCH3 is 1. The number of carbonyl (C=O) groups excluding carboxylic acids is 1. The fourth-order valence-electron chi connectivity index (χ4n) is 2.23.